The number of hydrogen-bond acceptors (Lipinski definition) is 4. The Balaban J connectivity index is 1.51. The van der Waals surface area contributed by atoms with Crippen LogP contribution in [-0.4, -0.2) is 60.4 Å². The van der Waals surface area contributed by atoms with E-state index in [4.69, 9.17) is 4.74 Å². The number of ether oxygens (including phenoxy) is 1. The molecule has 0 aromatic heterocycles. The van der Waals surface area contributed by atoms with E-state index in [1.165, 1.54) is 5.57 Å². The minimum absolute atomic E-state index is 0.167. The van der Waals surface area contributed by atoms with Crippen LogP contribution < -0.4 is 4.90 Å². The highest BCUT2D eigenvalue weighted by molar-refractivity contribution is 7.63. The van der Waals surface area contributed by atoms with Gasteiger partial charge in [0.05, 0.1) is 18.5 Å². The number of methoxy groups -OCH3 is 1. The lowest BCUT2D eigenvalue weighted by Crippen LogP contribution is -2.54. The van der Waals surface area contributed by atoms with E-state index in [-0.39, 0.29) is 10.8 Å². The van der Waals surface area contributed by atoms with E-state index in [1.807, 2.05) is 18.2 Å². The third kappa shape index (κ3) is 5.60. The van der Waals surface area contributed by atoms with Gasteiger partial charge in [-0.1, -0.05) is 71.9 Å². The maximum atomic E-state index is 15.6. The second-order valence-electron chi connectivity index (χ2n) is 14.5. The van der Waals surface area contributed by atoms with Crippen molar-refractivity contribution >= 4 is 13.1 Å². The summed E-state index contributed by atoms with van der Waals surface area (Å²) in [5.74, 6) is 2.85. The average molecular weight is 638 g/mol. The summed E-state index contributed by atoms with van der Waals surface area (Å²) in [7, 11) is 0.695. The van der Waals surface area contributed by atoms with Gasteiger partial charge in [-0.25, -0.2) is 9.34 Å². The van der Waals surface area contributed by atoms with Crippen molar-refractivity contribution in [3.8, 4) is 0 Å². The van der Waals surface area contributed by atoms with Gasteiger partial charge in [0.25, 0.3) is 7.44 Å². The molecule has 0 radical (unpaired) electrons. The predicted molar refractivity (Wildman–Crippen MR) is 188 cm³/mol. The quantitative estimate of drug-likeness (QED) is 0.231. The molecule has 1 N–H and O–H groups in total. The Hall–Kier alpha value is -1.85. The number of para-hydroxylation sites is 1. The number of fused-ring (bicyclic) bond motifs is 5. The number of allylic oxidation sites excluding steroid dienone is 4. The van der Waals surface area contributed by atoms with Gasteiger partial charge in [-0.3, -0.25) is 4.57 Å². The Labute approximate surface area is 274 Å². The fourth-order valence-electron chi connectivity index (χ4n) is 10.1. The third-order valence-corrected chi connectivity index (χ3v) is 16.7. The number of benzene rings is 1. The van der Waals surface area contributed by atoms with Crippen molar-refractivity contribution in [1.29, 1.82) is 0 Å². The van der Waals surface area contributed by atoms with Gasteiger partial charge in [-0.15, -0.1) is 0 Å². The summed E-state index contributed by atoms with van der Waals surface area (Å²) in [6, 6.07) is 10.3. The zero-order valence-electron chi connectivity index (χ0n) is 29.4. The first kappa shape index (κ1) is 34.5. The number of aliphatic hydroxyl groups is 1. The molecule has 1 aromatic carbocycles. The molecule has 0 amide bonds. The van der Waals surface area contributed by atoms with Crippen LogP contribution in [0.3, 0.4) is 0 Å². The molecule has 250 valence electrons. The molecule has 0 heterocycles. The van der Waals surface area contributed by atoms with Gasteiger partial charge in [0.1, 0.15) is 5.44 Å². The predicted octanol–water partition coefficient (Wildman–Crippen LogP) is 9.07. The fourth-order valence-corrected chi connectivity index (χ4v) is 13.4. The number of hydrogen-bond donors (Lipinski definition) is 1. The van der Waals surface area contributed by atoms with Crippen LogP contribution in [0.2, 0.25) is 0 Å². The van der Waals surface area contributed by atoms with E-state index in [0.717, 1.165) is 61.8 Å². The van der Waals surface area contributed by atoms with Crippen molar-refractivity contribution in [2.45, 2.75) is 98.5 Å². The molecule has 2 fully saturated rings. The van der Waals surface area contributed by atoms with Crippen LogP contribution in [0.5, 0.6) is 0 Å². The monoisotopic (exact) mass is 637 g/mol. The molecule has 7 heteroatoms. The van der Waals surface area contributed by atoms with E-state index in [9.17, 15) is 5.11 Å². The van der Waals surface area contributed by atoms with Gasteiger partial charge >= 0.3 is 0 Å². The Morgan fingerprint density at radius 2 is 1.60 bits per heavy atom. The van der Waals surface area contributed by atoms with Crippen molar-refractivity contribution in [3.63, 3.8) is 0 Å². The van der Waals surface area contributed by atoms with Crippen molar-refractivity contribution in [2.24, 2.45) is 28.6 Å². The van der Waals surface area contributed by atoms with E-state index in [2.05, 4.69) is 93.2 Å². The summed E-state index contributed by atoms with van der Waals surface area (Å²) in [5.41, 5.74) is 2.52. The van der Waals surface area contributed by atoms with E-state index >= 15 is 4.57 Å². The summed E-state index contributed by atoms with van der Waals surface area (Å²) < 4.78 is 25.5. The van der Waals surface area contributed by atoms with Crippen LogP contribution in [0.15, 0.2) is 65.3 Å². The highest BCUT2D eigenvalue weighted by atomic mass is 31.2. The maximum Gasteiger partial charge on any atom is 0.261 e. The minimum Gasteiger partial charge on any atom is -0.501 e. The van der Waals surface area contributed by atoms with Gasteiger partial charge in [0.15, 0.2) is 0 Å². The van der Waals surface area contributed by atoms with Gasteiger partial charge in [0, 0.05) is 45.3 Å². The zero-order valence-corrected chi connectivity index (χ0v) is 30.3. The van der Waals surface area contributed by atoms with E-state index in [0.29, 0.717) is 50.4 Å². The molecular formula is C38H60N3O3P. The molecule has 4 aliphatic carbocycles. The summed E-state index contributed by atoms with van der Waals surface area (Å²) in [4.78, 5) is 2.13. The number of rotatable bonds is 12. The highest BCUT2D eigenvalue weighted by Gasteiger charge is 2.63. The molecule has 4 aliphatic rings. The van der Waals surface area contributed by atoms with Gasteiger partial charge in [-0.05, 0) is 97.3 Å². The molecule has 0 spiro atoms. The fraction of sp³-hybridized carbons (Fsp3) is 0.684. The second kappa shape index (κ2) is 13.3. The summed E-state index contributed by atoms with van der Waals surface area (Å²) in [6.45, 7) is 16.1. The first-order valence-electron chi connectivity index (χ1n) is 17.7. The highest BCUT2D eigenvalue weighted by Crippen LogP contribution is 2.68. The Morgan fingerprint density at radius 1 is 0.978 bits per heavy atom. The molecule has 2 saturated carbocycles. The van der Waals surface area contributed by atoms with E-state index in [1.54, 1.807) is 7.11 Å². The van der Waals surface area contributed by atoms with Crippen LogP contribution in [0.1, 0.15) is 92.9 Å². The van der Waals surface area contributed by atoms with Crippen LogP contribution in [-0.2, 0) is 9.30 Å². The van der Waals surface area contributed by atoms with Gasteiger partial charge < -0.3 is 14.7 Å². The summed E-state index contributed by atoms with van der Waals surface area (Å²) >= 11 is 0. The second-order valence-corrected chi connectivity index (χ2v) is 17.2. The molecule has 0 unspecified atom stereocenters. The molecule has 0 bridgehead atoms. The third-order valence-electron chi connectivity index (χ3n) is 13.0. The molecular weight excluding hydrogens is 577 g/mol. The van der Waals surface area contributed by atoms with Crippen LogP contribution in [0.4, 0.5) is 5.69 Å². The van der Waals surface area contributed by atoms with Crippen molar-refractivity contribution in [2.75, 3.05) is 45.2 Å². The lowest BCUT2D eigenvalue weighted by Gasteiger charge is -2.58. The van der Waals surface area contributed by atoms with E-state index < -0.39 is 13.0 Å². The normalized spacial score (nSPS) is 33.3. The number of nitrogens with zero attached hydrogens (tertiary/aromatic N) is 3. The lowest BCUT2D eigenvalue weighted by molar-refractivity contribution is -0.120. The molecule has 6 atom stereocenters. The largest absolute Gasteiger partial charge is 0.501 e. The Kier molecular flexibility index (Phi) is 10.2. The van der Waals surface area contributed by atoms with Gasteiger partial charge in [0.2, 0.25) is 0 Å². The Bertz CT molecular complexity index is 1320. The number of anilines is 1. The average Bonchev–Trinajstić information content (AvgIpc) is 3.32. The molecule has 6 nitrogen and oxygen atoms in total. The van der Waals surface area contributed by atoms with Crippen molar-refractivity contribution < 1.29 is 14.4 Å². The van der Waals surface area contributed by atoms with Crippen LogP contribution in [0, 0.1) is 28.6 Å². The first-order valence-corrected chi connectivity index (χ1v) is 19.4. The minimum atomic E-state index is -3.15. The molecule has 0 aliphatic heterocycles. The van der Waals surface area contributed by atoms with Crippen molar-refractivity contribution in [1.82, 2.24) is 9.34 Å². The SMILES string of the molecule is CCN(CC)P(=O)(C(=CC[C@]1(O)CC[C@H]2[C@@H]3CC=C4C=C(OC)CC[C@]4(C)[C@H]3CC[C@@]21C)N(C)c1ccccc1)N(CC)CC. The van der Waals surface area contributed by atoms with Crippen LogP contribution in [0.25, 0.3) is 0 Å². The smallest absolute Gasteiger partial charge is 0.261 e. The first-order chi connectivity index (χ1) is 21.5. The summed E-state index contributed by atoms with van der Waals surface area (Å²) in [6.07, 6.45) is 14.8. The maximum absolute atomic E-state index is 15.6. The molecule has 5 rings (SSSR count). The summed E-state index contributed by atoms with van der Waals surface area (Å²) in [5, 5.41) is 12.8. The Morgan fingerprint density at radius 3 is 2.20 bits per heavy atom. The standard InChI is InChI=1S/C38H60N3O3P/c1-9-40(10-2)45(43,41(11-3)12-4)35(39(7)30-16-14-13-15-17-30)23-27-38(42)26-22-34-32-19-18-29-28-31(44-8)20-24-36(29,5)33(32)21-25-37(34,38)6/h13-18,23,28,32-34,42H,9-12,19-22,24-27H2,1-8H3/t32-,33+,34+,36+,37+,38-/m1/s1. The molecule has 45 heavy (non-hydrogen) atoms. The molecule has 1 aromatic rings. The van der Waals surface area contributed by atoms with Gasteiger partial charge in [-0.2, -0.15) is 0 Å². The zero-order chi connectivity index (χ0) is 32.6. The van der Waals surface area contributed by atoms with Crippen LogP contribution >= 0.6 is 7.44 Å². The lowest BCUT2D eigenvalue weighted by atomic mass is 9.47. The van der Waals surface area contributed by atoms with Crippen molar-refractivity contribution in [3.05, 3.63) is 65.3 Å². The topological polar surface area (TPSA) is 56.3 Å². The molecule has 0 saturated heterocycles.